The second-order valence-corrected chi connectivity index (χ2v) is 25.9. The quantitative estimate of drug-likeness (QED) is 0.0488. The summed E-state index contributed by atoms with van der Waals surface area (Å²) < 4.78 is 120. The Labute approximate surface area is 585 Å². The molecule has 4 aromatic carbocycles. The Morgan fingerprint density at radius 1 is 0.640 bits per heavy atom. The molecule has 2 aliphatic carbocycles. The van der Waals surface area contributed by atoms with Crippen LogP contribution in [-0.2, 0) is 33.5 Å². The number of aliphatic hydroxyl groups is 2. The molecule has 2 aromatic heterocycles. The zero-order valence-corrected chi connectivity index (χ0v) is 56.4. The molecule has 528 valence electrons. The van der Waals surface area contributed by atoms with Gasteiger partial charge in [0.2, 0.25) is 23.6 Å². The fourth-order valence-corrected chi connectivity index (χ4v) is 11.8. The minimum absolute atomic E-state index is 0.0104. The first-order chi connectivity index (χ1) is 47.3. The van der Waals surface area contributed by atoms with E-state index >= 15 is 4.79 Å². The van der Waals surface area contributed by atoms with Crippen molar-refractivity contribution in [3.05, 3.63) is 177 Å². The highest BCUT2D eigenvalue weighted by atomic mass is 79.9. The molecule has 4 heterocycles. The number of nitriles is 2. The number of aliphatic hydroxyl groups excluding tert-OH is 2. The largest absolute Gasteiger partial charge is 0.444 e. The third-order valence-electron chi connectivity index (χ3n) is 15.6. The summed E-state index contributed by atoms with van der Waals surface area (Å²) in [5, 5.41) is 42.0. The first-order valence-corrected chi connectivity index (χ1v) is 32.4. The van der Waals surface area contributed by atoms with Gasteiger partial charge in [-0.1, -0.05) is 75.5 Å². The number of amides is 7. The van der Waals surface area contributed by atoms with Crippen LogP contribution in [-0.4, -0.2) is 164 Å². The number of benzene rings is 4. The minimum atomic E-state index is -3.03. The predicted octanol–water partition coefficient (Wildman–Crippen LogP) is 9.48. The van der Waals surface area contributed by atoms with E-state index < -0.39 is 169 Å². The van der Waals surface area contributed by atoms with Crippen LogP contribution in [0.25, 0.3) is 0 Å². The van der Waals surface area contributed by atoms with Crippen molar-refractivity contribution in [1.82, 2.24) is 30.4 Å². The van der Waals surface area contributed by atoms with E-state index in [2.05, 4.69) is 36.5 Å². The number of halogens is 11. The maximum atomic E-state index is 15.0. The third kappa shape index (κ3) is 18.9. The molecule has 2 saturated carbocycles. The van der Waals surface area contributed by atoms with Crippen molar-refractivity contribution < 1.29 is 83.6 Å². The molecule has 0 radical (unpaired) electrons. The molecule has 2 saturated heterocycles. The molecular weight excluding hydrogens is 1440 g/mol. The number of hydrogen-bond acceptors (Lipinski definition) is 15. The Morgan fingerprint density at radius 3 is 1.39 bits per heavy atom. The molecule has 100 heavy (non-hydrogen) atoms. The zero-order valence-electron chi connectivity index (χ0n) is 53.3. The predicted molar refractivity (Wildman–Crippen MR) is 351 cm³/mol. The van der Waals surface area contributed by atoms with Crippen molar-refractivity contribution in [3.63, 3.8) is 0 Å². The lowest BCUT2D eigenvalue weighted by molar-refractivity contribution is -0.134. The van der Waals surface area contributed by atoms with E-state index in [1.165, 1.54) is 84.0 Å². The Kier molecular flexibility index (Phi) is 25.0. The van der Waals surface area contributed by atoms with Crippen LogP contribution in [0.15, 0.2) is 122 Å². The third-order valence-corrected chi connectivity index (χ3v) is 16.7. The Hall–Kier alpha value is -9.37. The fraction of sp³-hybridized carbons (Fsp3) is 0.358. The van der Waals surface area contributed by atoms with Gasteiger partial charge in [0.1, 0.15) is 71.2 Å². The van der Waals surface area contributed by atoms with Crippen LogP contribution in [0, 0.1) is 45.9 Å². The monoisotopic (exact) mass is 1500 g/mol. The normalized spacial score (nSPS) is 18.0. The van der Waals surface area contributed by atoms with Gasteiger partial charge in [-0.3, -0.25) is 58.2 Å². The summed E-state index contributed by atoms with van der Waals surface area (Å²) >= 11 is 16.0. The molecule has 22 nitrogen and oxygen atoms in total. The summed E-state index contributed by atoms with van der Waals surface area (Å²) in [5.74, 6) is -16.3. The van der Waals surface area contributed by atoms with Gasteiger partial charge < -0.3 is 25.6 Å². The topological polar surface area (TPSA) is 286 Å². The standard InChI is InChI=1S/C34H31ClF4N6O5.C31H27ClF4N6O4.C2H5BrO/c1-33(2,3)50-32(49)43-17-26(45(28(46)18-43)27-10-19(16-40)8-9-41-27)31(48)44(23-12-20(36)11-21(37)13-23)29(24-6-4-5-7-25(24)35)30(47)42-22-14-34(38,39)15-22;32-24-4-2-1-3-23(24)28(29(45)39-21-13-31(35,36)14-21)41(22-11-19(33)10-20(34)12-22)30(46)25-16-40(7-8-43)17-27(44)42(25)26-9-18(15-37)5-6-38-26;3-1-2-4/h4-13,22,26,29H,14-15,17-18H2,1-3H3,(H,42,47);1-6,9-12,21,25,28,43H,7-8,13-14,16-17H2,(H,39,45);4H,1-2H2/t26-,29?;25-,28-;/m00./s1. The Balaban J connectivity index is 0.000000242. The highest BCUT2D eigenvalue weighted by molar-refractivity contribution is 9.09. The van der Waals surface area contributed by atoms with Gasteiger partial charge in [0, 0.05) is 102 Å². The van der Waals surface area contributed by atoms with Crippen LogP contribution in [0.4, 0.5) is 62.9 Å². The van der Waals surface area contributed by atoms with Crippen molar-refractivity contribution in [2.45, 2.75) is 100 Å². The second kappa shape index (κ2) is 32.7. The van der Waals surface area contributed by atoms with Crippen molar-refractivity contribution in [1.29, 1.82) is 10.5 Å². The molecule has 1 unspecified atom stereocenters. The van der Waals surface area contributed by atoms with Crippen molar-refractivity contribution >= 4 is 104 Å². The summed E-state index contributed by atoms with van der Waals surface area (Å²) in [4.78, 5) is 113. The number of alkyl halides is 5. The molecule has 4 atom stereocenters. The van der Waals surface area contributed by atoms with Gasteiger partial charge in [-0.05, 0) is 81.4 Å². The lowest BCUT2D eigenvalue weighted by Gasteiger charge is -2.43. The van der Waals surface area contributed by atoms with E-state index in [0.29, 0.717) is 22.4 Å². The van der Waals surface area contributed by atoms with E-state index in [9.17, 15) is 79.5 Å². The summed E-state index contributed by atoms with van der Waals surface area (Å²) in [5.41, 5.74) is -1.76. The number of piperazine rings is 2. The lowest BCUT2D eigenvalue weighted by Crippen LogP contribution is -2.65. The average Bonchev–Trinajstić information content (AvgIpc) is 0.766. The number of β-amino-alcohol motifs (C(OH)–C–C–N with tert-alkyl or cyclic N) is 1. The maximum Gasteiger partial charge on any atom is 0.410 e. The van der Waals surface area contributed by atoms with Gasteiger partial charge in [-0.25, -0.2) is 49.9 Å². The van der Waals surface area contributed by atoms with Gasteiger partial charge >= 0.3 is 6.09 Å². The van der Waals surface area contributed by atoms with Crippen LogP contribution in [0.3, 0.4) is 0 Å². The molecule has 33 heteroatoms. The van der Waals surface area contributed by atoms with Gasteiger partial charge in [-0.2, -0.15) is 10.5 Å². The number of hydrogen-bond donors (Lipinski definition) is 4. The Bertz CT molecular complexity index is 4090. The van der Waals surface area contributed by atoms with E-state index in [-0.39, 0.29) is 76.8 Å². The first-order valence-electron chi connectivity index (χ1n) is 30.6. The summed E-state index contributed by atoms with van der Waals surface area (Å²) in [6.45, 7) is 3.01. The molecule has 6 aromatic rings. The van der Waals surface area contributed by atoms with Crippen molar-refractivity contribution in [3.8, 4) is 12.1 Å². The van der Waals surface area contributed by atoms with Crippen LogP contribution >= 0.6 is 39.1 Å². The van der Waals surface area contributed by atoms with Gasteiger partial charge in [0.25, 0.3) is 23.7 Å². The Morgan fingerprint density at radius 2 is 1.03 bits per heavy atom. The molecule has 0 spiro atoms. The van der Waals surface area contributed by atoms with E-state index in [0.717, 1.165) is 43.9 Å². The molecule has 2 aliphatic heterocycles. The lowest BCUT2D eigenvalue weighted by atomic mass is 9.87. The number of nitrogens with one attached hydrogen (secondary N) is 2. The molecular formula is C67H63BrCl2F8N12O10. The molecule has 4 N–H and O–H groups in total. The van der Waals surface area contributed by atoms with Crippen LogP contribution < -0.4 is 30.2 Å². The number of pyridine rings is 2. The average molecular weight is 1500 g/mol. The number of nitrogens with zero attached hydrogens (tertiary/aromatic N) is 10. The number of ether oxygens (including phenoxy) is 1. The van der Waals surface area contributed by atoms with Crippen molar-refractivity contribution in [2.75, 3.05) is 70.9 Å². The van der Waals surface area contributed by atoms with Crippen LogP contribution in [0.5, 0.6) is 0 Å². The van der Waals surface area contributed by atoms with Crippen molar-refractivity contribution in [2.24, 2.45) is 0 Å². The fourth-order valence-electron chi connectivity index (χ4n) is 11.3. The van der Waals surface area contributed by atoms with Gasteiger partial charge in [0.05, 0.1) is 60.9 Å². The number of carbonyl (C=O) groups is 7. The van der Waals surface area contributed by atoms with Gasteiger partial charge in [0.15, 0.2) is 0 Å². The number of carbonyl (C=O) groups excluding carboxylic acids is 7. The van der Waals surface area contributed by atoms with Crippen LogP contribution in [0.1, 0.15) is 80.8 Å². The highest BCUT2D eigenvalue weighted by Crippen LogP contribution is 2.42. The summed E-state index contributed by atoms with van der Waals surface area (Å²) in [6, 6.07) is 16.2. The second-order valence-electron chi connectivity index (χ2n) is 24.3. The molecule has 0 bridgehead atoms. The zero-order chi connectivity index (χ0) is 73.1. The number of aromatic nitrogens is 2. The van der Waals surface area contributed by atoms with E-state index in [1.807, 2.05) is 12.1 Å². The minimum Gasteiger partial charge on any atom is -0.444 e. The summed E-state index contributed by atoms with van der Waals surface area (Å²) in [6.07, 6.45) is -1.16. The highest BCUT2D eigenvalue weighted by Gasteiger charge is 2.52. The number of rotatable bonds is 17. The first kappa shape index (κ1) is 76.4. The molecule has 4 aliphatic rings. The SMILES string of the molecule is CC(C)(C)OC(=O)N1CC(=O)N(c2cc(C#N)ccn2)[C@H](C(=O)N(c2cc(F)cc(F)c2)C(C(=O)NC2CC(F)(F)C2)c2ccccc2Cl)C1.N#Cc1ccnc(N2C(=O)CN(CCO)C[C@H]2C(=O)N(c2cc(F)cc(F)c2)[C@H](C(=O)NC2CC(F)(F)C2)c2ccccc2Cl)c1.OCCBr. The smallest absolute Gasteiger partial charge is 0.410 e. The van der Waals surface area contributed by atoms with E-state index in [1.54, 1.807) is 26.8 Å². The van der Waals surface area contributed by atoms with E-state index in [4.69, 9.17) is 33.0 Å². The summed E-state index contributed by atoms with van der Waals surface area (Å²) in [7, 11) is 0. The number of anilines is 4. The molecule has 4 fully saturated rings. The molecule has 7 amide bonds. The molecule has 10 rings (SSSR count). The maximum absolute atomic E-state index is 15.0. The van der Waals surface area contributed by atoms with Crippen LogP contribution in [0.2, 0.25) is 10.0 Å². The van der Waals surface area contributed by atoms with Gasteiger partial charge in [-0.15, -0.1) is 0 Å².